The molecule has 2 heterocycles. The van der Waals surface area contributed by atoms with Gasteiger partial charge < -0.3 is 4.90 Å². The molecular weight excluding hydrogens is 488 g/mol. The molecule has 9 heteroatoms. The molecule has 23 heavy (non-hydrogen) atoms. The molecule has 0 radical (unpaired) electrons. The van der Waals surface area contributed by atoms with Gasteiger partial charge in [0.05, 0.1) is 14.5 Å². The third kappa shape index (κ3) is 3.62. The number of halogens is 3. The summed E-state index contributed by atoms with van der Waals surface area (Å²) in [5.41, 5.74) is 0.952. The minimum atomic E-state index is -3.45. The van der Waals surface area contributed by atoms with Gasteiger partial charge in [-0.25, -0.2) is 8.42 Å². The molecule has 0 spiro atoms. The second-order valence-corrected chi connectivity index (χ2v) is 10.8. The van der Waals surface area contributed by atoms with Crippen molar-refractivity contribution >= 4 is 70.5 Å². The van der Waals surface area contributed by atoms with Gasteiger partial charge in [-0.2, -0.15) is 4.31 Å². The van der Waals surface area contributed by atoms with Crippen molar-refractivity contribution in [3.63, 3.8) is 0 Å². The van der Waals surface area contributed by atoms with Gasteiger partial charge in [-0.15, -0.1) is 11.3 Å². The summed E-state index contributed by atoms with van der Waals surface area (Å²) < 4.78 is 28.9. The van der Waals surface area contributed by atoms with Crippen molar-refractivity contribution in [2.24, 2.45) is 0 Å². The highest BCUT2D eigenvalue weighted by Crippen LogP contribution is 2.36. The van der Waals surface area contributed by atoms with Gasteiger partial charge in [-0.1, -0.05) is 23.7 Å². The monoisotopic (exact) mass is 498 g/mol. The van der Waals surface area contributed by atoms with E-state index in [0.29, 0.717) is 35.4 Å². The van der Waals surface area contributed by atoms with Gasteiger partial charge in [0.1, 0.15) is 4.21 Å². The predicted octanol–water partition coefficient (Wildman–Crippen LogP) is 4.44. The molecule has 0 aliphatic carbocycles. The summed E-state index contributed by atoms with van der Waals surface area (Å²) in [4.78, 5) is 2.12. The summed E-state index contributed by atoms with van der Waals surface area (Å²) in [5, 5.41) is 0.690. The highest BCUT2D eigenvalue weighted by Gasteiger charge is 2.30. The number of thiophene rings is 1. The zero-order valence-corrected chi connectivity index (χ0v) is 17.4. The van der Waals surface area contributed by atoms with E-state index in [4.69, 9.17) is 11.6 Å². The Bertz CT molecular complexity index is 798. The second-order valence-electron chi connectivity index (χ2n) is 5.03. The fourth-order valence-electron chi connectivity index (χ4n) is 2.46. The first-order valence-corrected chi connectivity index (χ1v) is 11.1. The first kappa shape index (κ1) is 17.7. The zero-order valence-electron chi connectivity index (χ0n) is 11.9. The molecule has 1 aliphatic heterocycles. The van der Waals surface area contributed by atoms with E-state index in [-0.39, 0.29) is 0 Å². The smallest absolute Gasteiger partial charge is 0.252 e. The minimum absolute atomic E-state index is 0.349. The fraction of sp³-hybridized carbons (Fsp3) is 0.286. The van der Waals surface area contributed by atoms with Crippen LogP contribution in [0.5, 0.6) is 0 Å². The Morgan fingerprint density at radius 3 is 2.30 bits per heavy atom. The van der Waals surface area contributed by atoms with Crippen LogP contribution >= 0.6 is 54.8 Å². The predicted molar refractivity (Wildman–Crippen MR) is 102 cm³/mol. The largest absolute Gasteiger partial charge is 0.368 e. The van der Waals surface area contributed by atoms with E-state index < -0.39 is 10.0 Å². The maximum absolute atomic E-state index is 12.7. The Balaban J connectivity index is 1.75. The lowest BCUT2D eigenvalue weighted by molar-refractivity contribution is 0.386. The van der Waals surface area contributed by atoms with E-state index in [1.54, 1.807) is 6.07 Å². The molecule has 0 bridgehead atoms. The summed E-state index contributed by atoms with van der Waals surface area (Å²) >= 11 is 14.1. The van der Waals surface area contributed by atoms with Crippen molar-refractivity contribution in [1.82, 2.24) is 4.31 Å². The average molecular weight is 501 g/mol. The molecule has 0 unspecified atom stereocenters. The number of para-hydroxylation sites is 1. The van der Waals surface area contributed by atoms with Crippen LogP contribution in [-0.2, 0) is 10.0 Å². The highest BCUT2D eigenvalue weighted by molar-refractivity contribution is 9.13. The minimum Gasteiger partial charge on any atom is -0.368 e. The van der Waals surface area contributed by atoms with Gasteiger partial charge >= 0.3 is 0 Å². The van der Waals surface area contributed by atoms with Crippen LogP contribution in [0.3, 0.4) is 0 Å². The molecule has 1 fully saturated rings. The van der Waals surface area contributed by atoms with E-state index in [0.717, 1.165) is 13.9 Å². The standard InChI is InChI=1S/C14H13Br2ClN2O2S2/c15-10-9-13(22-14(10)16)23(20,21)19-7-5-18(6-8-19)12-4-2-1-3-11(12)17/h1-4,9H,5-8H2. The molecule has 1 aliphatic rings. The fourth-order valence-corrected chi connectivity index (χ4v) is 7.11. The SMILES string of the molecule is O=S(=O)(c1cc(Br)c(Br)s1)N1CCN(c2ccccc2Cl)CC1. The van der Waals surface area contributed by atoms with Crippen LogP contribution in [0.25, 0.3) is 0 Å². The van der Waals surface area contributed by atoms with Gasteiger partial charge in [0.25, 0.3) is 10.0 Å². The van der Waals surface area contributed by atoms with E-state index in [1.165, 1.54) is 15.6 Å². The molecule has 4 nitrogen and oxygen atoms in total. The molecule has 0 amide bonds. The first-order valence-electron chi connectivity index (χ1n) is 6.84. The van der Waals surface area contributed by atoms with E-state index in [9.17, 15) is 8.42 Å². The maximum Gasteiger partial charge on any atom is 0.252 e. The number of sulfonamides is 1. The van der Waals surface area contributed by atoms with Crippen molar-refractivity contribution < 1.29 is 8.42 Å². The number of anilines is 1. The van der Waals surface area contributed by atoms with Crippen LogP contribution in [0.1, 0.15) is 0 Å². The van der Waals surface area contributed by atoms with Crippen molar-refractivity contribution in [2.45, 2.75) is 4.21 Å². The van der Waals surface area contributed by atoms with Crippen molar-refractivity contribution in [1.29, 1.82) is 0 Å². The van der Waals surface area contributed by atoms with Gasteiger partial charge in [-0.3, -0.25) is 0 Å². The maximum atomic E-state index is 12.7. The Hall–Kier alpha value is -0.120. The lowest BCUT2D eigenvalue weighted by Crippen LogP contribution is -2.48. The third-order valence-electron chi connectivity index (χ3n) is 3.65. The lowest BCUT2D eigenvalue weighted by Gasteiger charge is -2.35. The van der Waals surface area contributed by atoms with Crippen molar-refractivity contribution in [3.05, 3.63) is 43.6 Å². The zero-order chi connectivity index (χ0) is 16.6. The third-order valence-corrected chi connectivity index (χ3v) is 9.57. The summed E-state index contributed by atoms with van der Waals surface area (Å²) in [6.45, 7) is 2.13. The van der Waals surface area contributed by atoms with Crippen LogP contribution in [0.2, 0.25) is 5.02 Å². The lowest BCUT2D eigenvalue weighted by atomic mass is 10.2. The molecule has 124 valence electrons. The van der Waals surface area contributed by atoms with Crippen molar-refractivity contribution in [2.75, 3.05) is 31.1 Å². The van der Waals surface area contributed by atoms with E-state index in [2.05, 4.69) is 36.8 Å². The van der Waals surface area contributed by atoms with Gasteiger partial charge in [0, 0.05) is 30.7 Å². The number of piperazine rings is 1. The Morgan fingerprint density at radius 2 is 1.74 bits per heavy atom. The molecule has 2 aromatic rings. The Labute approximate surface area is 161 Å². The number of rotatable bonds is 3. The number of hydrogen-bond donors (Lipinski definition) is 0. The first-order chi connectivity index (χ1) is 10.9. The molecule has 0 atom stereocenters. The second kappa shape index (κ2) is 7.01. The quantitative estimate of drug-likeness (QED) is 0.626. The van der Waals surface area contributed by atoms with E-state index in [1.807, 2.05) is 24.3 Å². The summed E-state index contributed by atoms with van der Waals surface area (Å²) in [6, 6.07) is 9.27. The van der Waals surface area contributed by atoms with Crippen LogP contribution in [0, 0.1) is 0 Å². The van der Waals surface area contributed by atoms with Crippen LogP contribution < -0.4 is 4.90 Å². The number of benzene rings is 1. The number of nitrogens with zero attached hydrogens (tertiary/aromatic N) is 2. The van der Waals surface area contributed by atoms with E-state index >= 15 is 0 Å². The summed E-state index contributed by atoms with van der Waals surface area (Å²) in [5.74, 6) is 0. The topological polar surface area (TPSA) is 40.6 Å². The Kier molecular flexibility index (Phi) is 5.40. The molecule has 3 rings (SSSR count). The molecule has 1 aromatic carbocycles. The molecule has 1 saturated heterocycles. The average Bonchev–Trinajstić information content (AvgIpc) is 2.88. The summed E-state index contributed by atoms with van der Waals surface area (Å²) in [7, 11) is -3.45. The Morgan fingerprint density at radius 1 is 1.09 bits per heavy atom. The van der Waals surface area contributed by atoms with Crippen LogP contribution in [-0.4, -0.2) is 38.9 Å². The molecule has 1 aromatic heterocycles. The van der Waals surface area contributed by atoms with Gasteiger partial charge in [-0.05, 0) is 50.1 Å². The normalized spacial score (nSPS) is 16.7. The van der Waals surface area contributed by atoms with Gasteiger partial charge in [0.2, 0.25) is 0 Å². The molecular formula is C14H13Br2ClN2O2S2. The molecule has 0 N–H and O–H groups in total. The van der Waals surface area contributed by atoms with Crippen molar-refractivity contribution in [3.8, 4) is 0 Å². The number of hydrogen-bond acceptors (Lipinski definition) is 4. The van der Waals surface area contributed by atoms with Crippen LogP contribution in [0.4, 0.5) is 5.69 Å². The molecule has 0 saturated carbocycles. The van der Waals surface area contributed by atoms with Crippen LogP contribution in [0.15, 0.2) is 42.8 Å². The summed E-state index contributed by atoms with van der Waals surface area (Å²) in [6.07, 6.45) is 0. The van der Waals surface area contributed by atoms with Gasteiger partial charge in [0.15, 0.2) is 0 Å². The highest BCUT2D eigenvalue weighted by atomic mass is 79.9.